The number of anilines is 3. The number of fused-ring (bicyclic) bond motifs is 2. The predicted octanol–water partition coefficient (Wildman–Crippen LogP) is 4.75. The van der Waals surface area contributed by atoms with Crippen molar-refractivity contribution in [1.82, 2.24) is 20.2 Å². The third-order valence-corrected chi connectivity index (χ3v) is 8.10. The first-order valence-electron chi connectivity index (χ1n) is 15.9. The number of carbonyl (C=O) groups excluding carboxylic acids is 2. The van der Waals surface area contributed by atoms with E-state index in [-0.39, 0.29) is 12.4 Å². The molecule has 0 bridgehead atoms. The number of nitrogens with one attached hydrogen (secondary N) is 2. The summed E-state index contributed by atoms with van der Waals surface area (Å²) in [5, 5.41) is 7.00. The van der Waals surface area contributed by atoms with E-state index in [0.29, 0.717) is 50.8 Å². The van der Waals surface area contributed by atoms with E-state index in [4.69, 9.17) is 19.2 Å². The maximum atomic E-state index is 13.1. The van der Waals surface area contributed by atoms with E-state index >= 15 is 0 Å². The highest BCUT2D eigenvalue weighted by Gasteiger charge is 2.33. The smallest absolute Gasteiger partial charge is 0.415 e. The zero-order chi connectivity index (χ0) is 32.8. The minimum Gasteiger partial charge on any atom is -0.474 e. The molecule has 0 aliphatic carbocycles. The zero-order valence-electron chi connectivity index (χ0n) is 27.8. The van der Waals surface area contributed by atoms with Crippen LogP contribution in [0.5, 0.6) is 5.88 Å². The minimum absolute atomic E-state index is 0.314. The molecule has 2 aromatic heterocycles. The fraction of sp³-hybridized carbons (Fsp3) is 0.545. The van der Waals surface area contributed by atoms with Crippen molar-refractivity contribution in [2.24, 2.45) is 4.99 Å². The predicted molar refractivity (Wildman–Crippen MR) is 176 cm³/mol. The Morgan fingerprint density at radius 2 is 1.74 bits per heavy atom. The number of hydrogen-bond donors (Lipinski definition) is 2. The van der Waals surface area contributed by atoms with Gasteiger partial charge in [-0.25, -0.2) is 19.6 Å². The Labute approximate surface area is 270 Å². The second kappa shape index (κ2) is 12.0. The van der Waals surface area contributed by atoms with Gasteiger partial charge in [-0.1, -0.05) is 0 Å². The van der Waals surface area contributed by atoms with Gasteiger partial charge in [-0.05, 0) is 72.1 Å². The van der Waals surface area contributed by atoms with Gasteiger partial charge >= 0.3 is 12.2 Å². The second-order valence-electron chi connectivity index (χ2n) is 14.0. The number of carbonyl (C=O) groups is 2. The molecule has 1 unspecified atom stereocenters. The maximum Gasteiger partial charge on any atom is 0.415 e. The van der Waals surface area contributed by atoms with Gasteiger partial charge in [-0.2, -0.15) is 0 Å². The molecule has 0 saturated heterocycles. The summed E-state index contributed by atoms with van der Waals surface area (Å²) >= 11 is 0. The summed E-state index contributed by atoms with van der Waals surface area (Å²) in [5.41, 5.74) is 6.37. The van der Waals surface area contributed by atoms with Crippen LogP contribution in [0.15, 0.2) is 34.7 Å². The molecule has 0 fully saturated rings. The standard InChI is InChI=1S/C33H44N8O5/c1-20-26(17-35-28-27(20)41(12-13-44-28)31(43)46-33(5,6)7)39-10-8-21-15-36-29(38-25(21)19-39)37-23-14-22-18-40(11-9-24(22)34-16-23)30(42)45-32(2,3)4/h14-17,29,37-38H,8-13,18-19H2,1-7H3. The summed E-state index contributed by atoms with van der Waals surface area (Å²) in [6.45, 7) is 16.4. The minimum atomic E-state index is -0.612. The van der Waals surface area contributed by atoms with Gasteiger partial charge in [0.2, 0.25) is 5.88 Å². The van der Waals surface area contributed by atoms with Crippen LogP contribution in [0.4, 0.5) is 26.7 Å². The highest BCUT2D eigenvalue weighted by Crippen LogP contribution is 2.39. The van der Waals surface area contributed by atoms with Crippen LogP contribution >= 0.6 is 0 Å². The van der Waals surface area contributed by atoms with Gasteiger partial charge in [0.25, 0.3) is 0 Å². The first-order chi connectivity index (χ1) is 21.7. The van der Waals surface area contributed by atoms with Crippen molar-refractivity contribution in [3.8, 4) is 5.88 Å². The van der Waals surface area contributed by atoms with Gasteiger partial charge in [-0.3, -0.25) is 9.88 Å². The summed E-state index contributed by atoms with van der Waals surface area (Å²) in [5.74, 6) is 0.440. The molecule has 6 rings (SSSR count). The van der Waals surface area contributed by atoms with Crippen molar-refractivity contribution in [1.29, 1.82) is 0 Å². The van der Waals surface area contributed by atoms with Crippen molar-refractivity contribution in [3.63, 3.8) is 0 Å². The average Bonchev–Trinajstić information content (AvgIpc) is 2.98. The first kappa shape index (κ1) is 31.4. The molecule has 246 valence electrons. The van der Waals surface area contributed by atoms with Crippen molar-refractivity contribution < 1.29 is 23.8 Å². The van der Waals surface area contributed by atoms with E-state index in [1.807, 2.05) is 73.1 Å². The molecule has 13 nitrogen and oxygen atoms in total. The number of amides is 2. The SMILES string of the molecule is Cc1c(N2CCC3=C(C2)NC(Nc2cnc4c(c2)CN(C(=O)OC(C)(C)C)CC4)N=C3)cnc2c1N(C(=O)OC(C)(C)C)CCO2. The Kier molecular flexibility index (Phi) is 8.20. The number of nitrogens with zero attached hydrogens (tertiary/aromatic N) is 6. The van der Waals surface area contributed by atoms with E-state index in [1.165, 1.54) is 0 Å². The quantitative estimate of drug-likeness (QED) is 0.489. The Hall–Kier alpha value is -4.55. The topological polar surface area (TPSA) is 134 Å². The molecule has 13 heteroatoms. The number of ether oxygens (including phenoxy) is 3. The number of aromatic nitrogens is 2. The highest BCUT2D eigenvalue weighted by molar-refractivity contribution is 5.92. The van der Waals surface area contributed by atoms with Gasteiger partial charge < -0.3 is 34.6 Å². The molecule has 0 aromatic carbocycles. The Balaban J connectivity index is 1.13. The molecule has 4 aliphatic rings. The van der Waals surface area contributed by atoms with E-state index in [2.05, 4.69) is 25.5 Å². The lowest BCUT2D eigenvalue weighted by Gasteiger charge is -2.38. The molecule has 0 radical (unpaired) electrons. The highest BCUT2D eigenvalue weighted by atomic mass is 16.6. The van der Waals surface area contributed by atoms with E-state index in [9.17, 15) is 9.59 Å². The summed E-state index contributed by atoms with van der Waals surface area (Å²) in [7, 11) is 0. The van der Waals surface area contributed by atoms with Gasteiger partial charge in [0.15, 0.2) is 6.29 Å². The Morgan fingerprint density at radius 3 is 2.50 bits per heavy atom. The lowest BCUT2D eigenvalue weighted by molar-refractivity contribution is 0.0222. The maximum absolute atomic E-state index is 13.1. The fourth-order valence-electron chi connectivity index (χ4n) is 6.00. The number of hydrogen-bond acceptors (Lipinski definition) is 11. The summed E-state index contributed by atoms with van der Waals surface area (Å²) in [6.07, 6.45) is 5.96. The van der Waals surface area contributed by atoms with Gasteiger partial charge in [0.1, 0.15) is 23.5 Å². The molecule has 46 heavy (non-hydrogen) atoms. The van der Waals surface area contributed by atoms with Gasteiger partial charge in [0, 0.05) is 42.7 Å². The summed E-state index contributed by atoms with van der Waals surface area (Å²) in [4.78, 5) is 45.4. The fourth-order valence-corrected chi connectivity index (χ4v) is 6.00. The molecule has 0 spiro atoms. The third-order valence-electron chi connectivity index (χ3n) is 8.10. The van der Waals surface area contributed by atoms with Gasteiger partial charge in [-0.15, -0.1) is 0 Å². The molecule has 2 amide bonds. The summed E-state index contributed by atoms with van der Waals surface area (Å²) < 4.78 is 17.1. The Morgan fingerprint density at radius 1 is 0.978 bits per heavy atom. The van der Waals surface area contributed by atoms with Crippen LogP contribution in [-0.2, 0) is 22.4 Å². The van der Waals surface area contributed by atoms with E-state index < -0.39 is 17.3 Å². The first-order valence-corrected chi connectivity index (χ1v) is 15.9. The van der Waals surface area contributed by atoms with Crippen LogP contribution in [0.25, 0.3) is 0 Å². The number of pyridine rings is 2. The largest absolute Gasteiger partial charge is 0.474 e. The number of rotatable bonds is 3. The molecule has 6 heterocycles. The van der Waals surface area contributed by atoms with Crippen LogP contribution in [-0.4, -0.2) is 83.5 Å². The van der Waals surface area contributed by atoms with Gasteiger partial charge in [0.05, 0.1) is 43.4 Å². The monoisotopic (exact) mass is 632 g/mol. The van der Waals surface area contributed by atoms with Crippen molar-refractivity contribution >= 4 is 35.5 Å². The normalized spacial score (nSPS) is 19.4. The van der Waals surface area contributed by atoms with Crippen molar-refractivity contribution in [2.75, 3.05) is 47.9 Å². The molecule has 4 aliphatic heterocycles. The zero-order valence-corrected chi connectivity index (χ0v) is 27.8. The molecule has 2 aromatic rings. The third kappa shape index (κ3) is 6.82. The van der Waals surface area contributed by atoms with Crippen LogP contribution in [0.1, 0.15) is 64.8 Å². The molecule has 0 saturated carbocycles. The number of aliphatic imine (C=N–C) groups is 1. The van der Waals surface area contributed by atoms with Crippen LogP contribution < -0.4 is 25.2 Å². The van der Waals surface area contributed by atoms with Crippen molar-refractivity contribution in [2.45, 2.75) is 85.3 Å². The van der Waals surface area contributed by atoms with Crippen LogP contribution in [0.2, 0.25) is 0 Å². The second-order valence-corrected chi connectivity index (χ2v) is 14.0. The Bertz CT molecular complexity index is 1590. The molecule has 2 N–H and O–H groups in total. The van der Waals surface area contributed by atoms with Crippen molar-refractivity contribution in [3.05, 3.63) is 46.6 Å². The average molecular weight is 633 g/mol. The van der Waals surface area contributed by atoms with E-state index in [0.717, 1.165) is 52.4 Å². The molecular formula is C33H44N8O5. The van der Waals surface area contributed by atoms with E-state index in [1.54, 1.807) is 9.80 Å². The molecular weight excluding hydrogens is 588 g/mol. The lowest BCUT2D eigenvalue weighted by atomic mass is 10.0. The molecule has 1 atom stereocenters. The van der Waals surface area contributed by atoms with Crippen LogP contribution in [0, 0.1) is 6.92 Å². The van der Waals surface area contributed by atoms with Crippen LogP contribution in [0.3, 0.4) is 0 Å². The summed E-state index contributed by atoms with van der Waals surface area (Å²) in [6, 6.07) is 2.04. The lowest BCUT2D eigenvalue weighted by Crippen LogP contribution is -2.45.